The third kappa shape index (κ3) is 3.14. The largest absolute Gasteiger partial charge is 0.322 e. The number of rotatable bonds is 3. The van der Waals surface area contributed by atoms with Gasteiger partial charge in [0.1, 0.15) is 11.9 Å². The van der Waals surface area contributed by atoms with E-state index in [4.69, 9.17) is 0 Å². The molecule has 1 N–H and O–H groups in total. The lowest BCUT2D eigenvalue weighted by Gasteiger charge is -2.48. The molecule has 3 amide bonds. The molecule has 4 aliphatic rings. The molecule has 2 aromatic carbocycles. The second-order valence-electron chi connectivity index (χ2n) is 9.80. The van der Waals surface area contributed by atoms with Gasteiger partial charge in [-0.05, 0) is 59.7 Å². The Hall–Kier alpha value is -3.06. The van der Waals surface area contributed by atoms with Crippen molar-refractivity contribution in [2.24, 2.45) is 5.41 Å². The van der Waals surface area contributed by atoms with Gasteiger partial charge in [0.25, 0.3) is 5.91 Å². The van der Waals surface area contributed by atoms with Crippen LogP contribution in [0, 0.1) is 11.2 Å². The van der Waals surface area contributed by atoms with Crippen LogP contribution in [0.15, 0.2) is 36.4 Å². The lowest BCUT2D eigenvalue weighted by atomic mass is 9.77. The molecule has 1 unspecified atom stereocenters. The Morgan fingerprint density at radius 1 is 1.00 bits per heavy atom. The molecule has 0 aromatic heterocycles. The maximum Gasteiger partial charge on any atom is 0.255 e. The van der Waals surface area contributed by atoms with E-state index in [2.05, 4.69) is 16.3 Å². The van der Waals surface area contributed by atoms with Gasteiger partial charge in [-0.2, -0.15) is 0 Å². The van der Waals surface area contributed by atoms with E-state index in [0.717, 1.165) is 43.6 Å². The van der Waals surface area contributed by atoms with Crippen molar-refractivity contribution in [1.29, 1.82) is 0 Å². The summed E-state index contributed by atoms with van der Waals surface area (Å²) in [6.45, 7) is 3.26. The van der Waals surface area contributed by atoms with Crippen LogP contribution >= 0.6 is 0 Å². The van der Waals surface area contributed by atoms with Gasteiger partial charge >= 0.3 is 0 Å². The highest BCUT2D eigenvalue weighted by Gasteiger charge is 2.48. The Labute approximate surface area is 185 Å². The average molecular weight is 433 g/mol. The summed E-state index contributed by atoms with van der Waals surface area (Å²) in [5, 5.41) is 2.35. The summed E-state index contributed by atoms with van der Waals surface area (Å²) >= 11 is 0. The molecule has 6 nitrogen and oxygen atoms in total. The maximum absolute atomic E-state index is 13.1. The standard InChI is InChI=1S/C25H24FN3O3/c26-19-3-1-15(2-4-19)11-28-13-25(14-28)9-16-7-18-12-29(21-5-6-22(30)27-23(21)31)24(32)20(18)8-17(16)10-25/h1-4,7-8,21H,5-6,9-14H2,(H,27,30,31). The van der Waals surface area contributed by atoms with Crippen LogP contribution in [0.4, 0.5) is 4.39 Å². The van der Waals surface area contributed by atoms with Crippen LogP contribution in [-0.4, -0.2) is 46.7 Å². The fraction of sp³-hybridized carbons (Fsp3) is 0.400. The molecule has 0 saturated carbocycles. The smallest absolute Gasteiger partial charge is 0.255 e. The first-order valence-electron chi connectivity index (χ1n) is 11.2. The molecule has 1 atom stereocenters. The highest BCUT2D eigenvalue weighted by molar-refractivity contribution is 6.05. The zero-order valence-corrected chi connectivity index (χ0v) is 17.7. The van der Waals surface area contributed by atoms with E-state index in [-0.39, 0.29) is 35.4 Å². The third-order valence-corrected chi connectivity index (χ3v) is 7.41. The van der Waals surface area contributed by atoms with Crippen molar-refractivity contribution in [3.8, 4) is 0 Å². The molecule has 2 fully saturated rings. The van der Waals surface area contributed by atoms with Crippen LogP contribution < -0.4 is 5.32 Å². The van der Waals surface area contributed by atoms with Gasteiger partial charge in [-0.15, -0.1) is 0 Å². The highest BCUT2D eigenvalue weighted by atomic mass is 19.1. The molecule has 164 valence electrons. The first-order valence-corrected chi connectivity index (χ1v) is 11.2. The summed E-state index contributed by atoms with van der Waals surface area (Å²) in [4.78, 5) is 40.8. The predicted molar refractivity (Wildman–Crippen MR) is 114 cm³/mol. The quantitative estimate of drug-likeness (QED) is 0.754. The Balaban J connectivity index is 1.14. The number of halogens is 1. The van der Waals surface area contributed by atoms with Gasteiger partial charge in [0.15, 0.2) is 0 Å². The maximum atomic E-state index is 13.1. The normalized spacial score (nSPS) is 23.8. The molecule has 3 aliphatic heterocycles. The number of carbonyl (C=O) groups is 3. The van der Waals surface area contributed by atoms with Gasteiger partial charge in [-0.25, -0.2) is 4.39 Å². The first kappa shape index (κ1) is 19.6. The van der Waals surface area contributed by atoms with E-state index in [9.17, 15) is 18.8 Å². The van der Waals surface area contributed by atoms with E-state index in [1.165, 1.54) is 23.3 Å². The van der Waals surface area contributed by atoms with Crippen LogP contribution in [0.3, 0.4) is 0 Å². The number of nitrogens with one attached hydrogen (secondary N) is 1. The van der Waals surface area contributed by atoms with Gasteiger partial charge in [0.2, 0.25) is 11.8 Å². The number of fused-ring (bicyclic) bond motifs is 2. The van der Waals surface area contributed by atoms with Crippen molar-refractivity contribution in [2.75, 3.05) is 13.1 Å². The Bertz CT molecular complexity index is 1150. The Kier molecular flexibility index (Phi) is 4.27. The van der Waals surface area contributed by atoms with Crippen molar-refractivity contribution in [1.82, 2.24) is 15.1 Å². The van der Waals surface area contributed by atoms with Gasteiger partial charge in [0.05, 0.1) is 0 Å². The summed E-state index contributed by atoms with van der Waals surface area (Å²) in [6, 6.07) is 10.3. The molecule has 2 aromatic rings. The SMILES string of the molecule is O=C1CCC(N2Cc3cc4c(cc3C2=O)CC2(C4)CN(Cc3ccc(F)cc3)C2)C(=O)N1. The van der Waals surface area contributed by atoms with Crippen molar-refractivity contribution in [3.05, 3.63) is 70.0 Å². The van der Waals surface area contributed by atoms with Gasteiger partial charge in [-0.1, -0.05) is 18.2 Å². The third-order valence-electron chi connectivity index (χ3n) is 7.41. The monoisotopic (exact) mass is 433 g/mol. The van der Waals surface area contributed by atoms with Crippen LogP contribution in [0.25, 0.3) is 0 Å². The van der Waals surface area contributed by atoms with Crippen LogP contribution in [0.2, 0.25) is 0 Å². The summed E-state index contributed by atoms with van der Waals surface area (Å²) in [6.07, 6.45) is 2.62. The average Bonchev–Trinajstić information content (AvgIpc) is 3.25. The Morgan fingerprint density at radius 2 is 1.72 bits per heavy atom. The van der Waals surface area contributed by atoms with Gasteiger partial charge in [0, 0.05) is 43.6 Å². The highest BCUT2D eigenvalue weighted by Crippen LogP contribution is 2.46. The lowest BCUT2D eigenvalue weighted by molar-refractivity contribution is -0.136. The minimum absolute atomic E-state index is 0.107. The zero-order valence-electron chi connectivity index (χ0n) is 17.7. The van der Waals surface area contributed by atoms with Crippen molar-refractivity contribution in [2.45, 2.75) is 44.8 Å². The molecule has 0 bridgehead atoms. The number of amides is 3. The van der Waals surface area contributed by atoms with Crippen LogP contribution in [0.5, 0.6) is 0 Å². The van der Waals surface area contributed by atoms with Gasteiger partial charge in [-0.3, -0.25) is 24.6 Å². The van der Waals surface area contributed by atoms with E-state index in [1.54, 1.807) is 4.90 Å². The second-order valence-corrected chi connectivity index (χ2v) is 9.80. The fourth-order valence-electron chi connectivity index (χ4n) is 6.00. The molecule has 2 saturated heterocycles. The molecule has 6 rings (SSSR count). The summed E-state index contributed by atoms with van der Waals surface area (Å²) in [5.74, 6) is -0.957. The molecule has 1 aliphatic carbocycles. The molecular formula is C25H24FN3O3. The van der Waals surface area contributed by atoms with E-state index < -0.39 is 6.04 Å². The molecule has 32 heavy (non-hydrogen) atoms. The molecule has 3 heterocycles. The lowest BCUT2D eigenvalue weighted by Crippen LogP contribution is -2.56. The van der Waals surface area contributed by atoms with E-state index >= 15 is 0 Å². The number of benzene rings is 2. The van der Waals surface area contributed by atoms with Crippen molar-refractivity contribution in [3.63, 3.8) is 0 Å². The van der Waals surface area contributed by atoms with E-state index in [0.29, 0.717) is 18.5 Å². The predicted octanol–water partition coefficient (Wildman–Crippen LogP) is 2.19. The van der Waals surface area contributed by atoms with Crippen molar-refractivity contribution < 1.29 is 18.8 Å². The number of hydrogen-bond donors (Lipinski definition) is 1. The summed E-state index contributed by atoms with van der Waals surface area (Å²) in [7, 11) is 0. The molecular weight excluding hydrogens is 409 g/mol. The van der Waals surface area contributed by atoms with Crippen LogP contribution in [0.1, 0.15) is 45.5 Å². The number of likely N-dealkylation sites (tertiary alicyclic amines) is 1. The second kappa shape index (κ2) is 6.97. The fourth-order valence-corrected chi connectivity index (χ4v) is 6.00. The summed E-state index contributed by atoms with van der Waals surface area (Å²) in [5.41, 5.74) is 5.58. The van der Waals surface area contributed by atoms with Gasteiger partial charge < -0.3 is 4.90 Å². The van der Waals surface area contributed by atoms with Crippen LogP contribution in [-0.2, 0) is 35.5 Å². The zero-order chi connectivity index (χ0) is 22.0. The van der Waals surface area contributed by atoms with Crippen molar-refractivity contribution >= 4 is 17.7 Å². The summed E-state index contributed by atoms with van der Waals surface area (Å²) < 4.78 is 13.1. The topological polar surface area (TPSA) is 69.7 Å². The van der Waals surface area contributed by atoms with E-state index in [1.807, 2.05) is 18.2 Å². The molecule has 1 spiro atoms. The molecule has 7 heteroatoms. The first-order chi connectivity index (χ1) is 15.4. The number of imide groups is 1. The Morgan fingerprint density at radius 3 is 2.44 bits per heavy atom. The minimum atomic E-state index is -0.569. The minimum Gasteiger partial charge on any atom is -0.322 e. The number of carbonyl (C=O) groups excluding carboxylic acids is 3. The number of hydrogen-bond acceptors (Lipinski definition) is 4. The number of piperidine rings is 1. The molecule has 0 radical (unpaired) electrons. The number of nitrogens with zero attached hydrogens (tertiary/aromatic N) is 2.